The van der Waals surface area contributed by atoms with Crippen LogP contribution in [0.4, 0.5) is 11.4 Å². The summed E-state index contributed by atoms with van der Waals surface area (Å²) >= 11 is 5.90. The molecule has 5 rings (SSSR count). The van der Waals surface area contributed by atoms with Gasteiger partial charge in [-0.05, 0) is 65.4 Å². The number of hydrazone groups is 1. The number of ether oxygens (including phenoxy) is 1. The Morgan fingerprint density at radius 1 is 0.698 bits per heavy atom. The zero-order chi connectivity index (χ0) is 30.2. The first kappa shape index (κ1) is 28.7. The Balaban J connectivity index is 1.29. The third-order valence-corrected chi connectivity index (χ3v) is 6.48. The van der Waals surface area contributed by atoms with Crippen molar-refractivity contribution in [2.75, 3.05) is 10.6 Å². The Labute approximate surface area is 251 Å². The van der Waals surface area contributed by atoms with E-state index in [9.17, 15) is 19.2 Å². The summed E-state index contributed by atoms with van der Waals surface area (Å²) in [6.45, 7) is 0. The van der Waals surface area contributed by atoms with E-state index in [-0.39, 0.29) is 17.0 Å². The number of rotatable bonds is 7. The maximum absolute atomic E-state index is 12.9. The summed E-state index contributed by atoms with van der Waals surface area (Å²) in [6.07, 6.45) is 1.30. The number of anilines is 2. The van der Waals surface area contributed by atoms with Crippen LogP contribution >= 0.6 is 11.6 Å². The lowest BCUT2D eigenvalue weighted by Gasteiger charge is -2.11. The number of halogens is 1. The van der Waals surface area contributed by atoms with Crippen LogP contribution in [-0.2, 0) is 9.59 Å². The predicted molar refractivity (Wildman–Crippen MR) is 166 cm³/mol. The van der Waals surface area contributed by atoms with E-state index >= 15 is 0 Å². The van der Waals surface area contributed by atoms with Crippen LogP contribution in [0.1, 0.15) is 26.3 Å². The Bertz CT molecular complexity index is 1860. The summed E-state index contributed by atoms with van der Waals surface area (Å²) in [5.74, 6) is -2.96. The van der Waals surface area contributed by atoms with Gasteiger partial charge in [0.25, 0.3) is 5.91 Å². The molecule has 5 aromatic rings. The molecule has 43 heavy (non-hydrogen) atoms. The van der Waals surface area contributed by atoms with Crippen molar-refractivity contribution >= 4 is 63.7 Å². The zero-order valence-corrected chi connectivity index (χ0v) is 23.2. The molecule has 0 aliphatic carbocycles. The highest BCUT2D eigenvalue weighted by Gasteiger charge is 2.18. The summed E-state index contributed by atoms with van der Waals surface area (Å²) in [4.78, 5) is 50.9. The van der Waals surface area contributed by atoms with Gasteiger partial charge >= 0.3 is 17.8 Å². The molecule has 0 aliphatic heterocycles. The summed E-state index contributed by atoms with van der Waals surface area (Å²) in [5.41, 5.74) is 3.75. The normalized spacial score (nSPS) is 10.7. The van der Waals surface area contributed by atoms with Crippen LogP contribution in [0.2, 0.25) is 5.02 Å². The molecule has 0 aromatic heterocycles. The molecule has 0 aliphatic rings. The van der Waals surface area contributed by atoms with Crippen molar-refractivity contribution in [2.45, 2.75) is 0 Å². The molecule has 0 heterocycles. The second-order valence-corrected chi connectivity index (χ2v) is 9.55. The third kappa shape index (κ3) is 7.10. The van der Waals surface area contributed by atoms with Gasteiger partial charge in [-0.1, -0.05) is 72.3 Å². The van der Waals surface area contributed by atoms with Crippen LogP contribution in [0.5, 0.6) is 5.75 Å². The number of benzene rings is 5. The van der Waals surface area contributed by atoms with Crippen LogP contribution in [-0.4, -0.2) is 29.9 Å². The molecule has 0 atom stereocenters. The van der Waals surface area contributed by atoms with Gasteiger partial charge in [-0.3, -0.25) is 14.4 Å². The van der Waals surface area contributed by atoms with Crippen molar-refractivity contribution in [1.29, 1.82) is 0 Å². The quantitative estimate of drug-likeness (QED) is 0.0699. The van der Waals surface area contributed by atoms with Gasteiger partial charge in [0.05, 0.1) is 23.0 Å². The van der Waals surface area contributed by atoms with Crippen molar-refractivity contribution in [3.05, 3.63) is 137 Å². The van der Waals surface area contributed by atoms with Crippen LogP contribution in [0.25, 0.3) is 10.8 Å². The highest BCUT2D eigenvalue weighted by Crippen LogP contribution is 2.27. The highest BCUT2D eigenvalue weighted by molar-refractivity contribution is 6.40. The van der Waals surface area contributed by atoms with E-state index in [1.54, 1.807) is 78.9 Å². The van der Waals surface area contributed by atoms with Crippen LogP contribution < -0.4 is 20.8 Å². The van der Waals surface area contributed by atoms with Gasteiger partial charge in [0.15, 0.2) is 0 Å². The van der Waals surface area contributed by atoms with Gasteiger partial charge in [0.1, 0.15) is 5.75 Å². The van der Waals surface area contributed by atoms with Crippen molar-refractivity contribution in [3.63, 3.8) is 0 Å². The molecule has 0 bridgehead atoms. The van der Waals surface area contributed by atoms with E-state index in [1.807, 2.05) is 24.3 Å². The van der Waals surface area contributed by atoms with Gasteiger partial charge in [0.2, 0.25) is 0 Å². The molecule has 0 spiro atoms. The van der Waals surface area contributed by atoms with Crippen molar-refractivity contribution in [1.82, 2.24) is 5.43 Å². The molecule has 3 N–H and O–H groups in total. The first-order valence-corrected chi connectivity index (χ1v) is 13.4. The van der Waals surface area contributed by atoms with Gasteiger partial charge in [-0.15, -0.1) is 0 Å². The summed E-state index contributed by atoms with van der Waals surface area (Å²) in [7, 11) is 0. The largest absolute Gasteiger partial charge is 0.422 e. The van der Waals surface area contributed by atoms with Gasteiger partial charge in [-0.2, -0.15) is 5.10 Å². The highest BCUT2D eigenvalue weighted by atomic mass is 35.5. The summed E-state index contributed by atoms with van der Waals surface area (Å²) < 4.78 is 5.64. The average Bonchev–Trinajstić information content (AvgIpc) is 3.03. The standard InChI is InChI=1S/C33H23ClN4O5/c34-23-15-17-24(18-16-23)36-30(39)26-12-6-7-13-28(26)37-31(40)32(41)38-35-20-27-25-11-5-4-8-21(25)14-19-29(27)43-33(42)22-9-2-1-3-10-22/h1-20H,(H,36,39)(H,37,40)(H,38,41). The topological polar surface area (TPSA) is 126 Å². The second-order valence-electron chi connectivity index (χ2n) is 9.11. The molecule has 10 heteroatoms. The molecular weight excluding hydrogens is 568 g/mol. The van der Waals surface area contributed by atoms with E-state index in [0.29, 0.717) is 27.2 Å². The monoisotopic (exact) mass is 590 g/mol. The van der Waals surface area contributed by atoms with Gasteiger partial charge < -0.3 is 15.4 Å². The van der Waals surface area contributed by atoms with E-state index in [2.05, 4.69) is 21.2 Å². The van der Waals surface area contributed by atoms with Crippen LogP contribution in [0.15, 0.2) is 120 Å². The maximum Gasteiger partial charge on any atom is 0.343 e. The number of esters is 1. The maximum atomic E-state index is 12.9. The number of hydrogen-bond donors (Lipinski definition) is 3. The number of fused-ring (bicyclic) bond motifs is 1. The third-order valence-electron chi connectivity index (χ3n) is 6.23. The predicted octanol–water partition coefficient (Wildman–Crippen LogP) is 6.05. The second kappa shape index (κ2) is 13.2. The minimum absolute atomic E-state index is 0.127. The molecule has 5 aromatic carbocycles. The van der Waals surface area contributed by atoms with E-state index in [1.165, 1.54) is 18.3 Å². The Hall–Kier alpha value is -5.80. The fourth-order valence-corrected chi connectivity index (χ4v) is 4.26. The smallest absolute Gasteiger partial charge is 0.343 e. The Morgan fingerprint density at radius 3 is 2.19 bits per heavy atom. The van der Waals surface area contributed by atoms with Crippen LogP contribution in [0, 0.1) is 0 Å². The number of carbonyl (C=O) groups excluding carboxylic acids is 4. The molecule has 0 radical (unpaired) electrons. The lowest BCUT2D eigenvalue weighted by atomic mass is 10.0. The SMILES string of the molecule is O=C(NN=Cc1c(OC(=O)c2ccccc2)ccc2ccccc12)C(=O)Nc1ccccc1C(=O)Nc1ccc(Cl)cc1. The van der Waals surface area contributed by atoms with Gasteiger partial charge in [0, 0.05) is 16.3 Å². The number of nitrogens with one attached hydrogen (secondary N) is 3. The first-order chi connectivity index (χ1) is 20.9. The molecule has 0 saturated heterocycles. The zero-order valence-electron chi connectivity index (χ0n) is 22.4. The summed E-state index contributed by atoms with van der Waals surface area (Å²) in [6, 6.07) is 32.1. The average molecular weight is 591 g/mol. The number of amides is 3. The van der Waals surface area contributed by atoms with E-state index in [4.69, 9.17) is 16.3 Å². The molecule has 0 saturated carbocycles. The molecular formula is C33H23ClN4O5. The lowest BCUT2D eigenvalue weighted by molar-refractivity contribution is -0.136. The van der Waals surface area contributed by atoms with Crippen molar-refractivity contribution in [2.24, 2.45) is 5.10 Å². The molecule has 9 nitrogen and oxygen atoms in total. The number of para-hydroxylation sites is 1. The minimum atomic E-state index is -1.08. The van der Waals surface area contributed by atoms with Crippen molar-refractivity contribution < 1.29 is 23.9 Å². The molecule has 212 valence electrons. The van der Waals surface area contributed by atoms with Crippen LogP contribution in [0.3, 0.4) is 0 Å². The molecule has 0 fully saturated rings. The minimum Gasteiger partial charge on any atom is -0.422 e. The fraction of sp³-hybridized carbons (Fsp3) is 0. The van der Waals surface area contributed by atoms with Gasteiger partial charge in [-0.25, -0.2) is 10.2 Å². The first-order valence-electron chi connectivity index (χ1n) is 13.0. The van der Waals surface area contributed by atoms with E-state index < -0.39 is 23.7 Å². The number of carbonyl (C=O) groups is 4. The summed E-state index contributed by atoms with van der Waals surface area (Å²) in [5, 5.41) is 11.2. The lowest BCUT2D eigenvalue weighted by Crippen LogP contribution is -2.33. The molecule has 0 unspecified atom stereocenters. The Kier molecular flexibility index (Phi) is 8.84. The number of nitrogens with zero attached hydrogens (tertiary/aromatic N) is 1. The molecule has 3 amide bonds. The Morgan fingerprint density at radius 2 is 1.40 bits per heavy atom. The van der Waals surface area contributed by atoms with E-state index in [0.717, 1.165) is 5.39 Å². The van der Waals surface area contributed by atoms with Crippen molar-refractivity contribution in [3.8, 4) is 5.75 Å². The fourth-order valence-electron chi connectivity index (χ4n) is 4.14. The number of hydrogen-bond acceptors (Lipinski definition) is 6.